The van der Waals surface area contributed by atoms with E-state index in [4.69, 9.17) is 0 Å². The van der Waals surface area contributed by atoms with Crippen LogP contribution in [0.3, 0.4) is 0 Å². The Balaban J connectivity index is 2.23. The van der Waals surface area contributed by atoms with Gasteiger partial charge < -0.3 is 4.52 Å². The topological polar surface area (TPSA) is 85.5 Å². The highest BCUT2D eigenvalue weighted by Gasteiger charge is 2.38. The van der Waals surface area contributed by atoms with Crippen molar-refractivity contribution >= 4 is 23.0 Å². The van der Waals surface area contributed by atoms with Crippen molar-refractivity contribution in [2.45, 2.75) is 6.18 Å². The van der Waals surface area contributed by atoms with Crippen molar-refractivity contribution in [2.24, 2.45) is 0 Å². The molecule has 22 heavy (non-hydrogen) atoms. The van der Waals surface area contributed by atoms with Gasteiger partial charge in [-0.1, -0.05) is 5.16 Å². The third-order valence-electron chi connectivity index (χ3n) is 2.47. The van der Waals surface area contributed by atoms with Crippen molar-refractivity contribution in [1.29, 1.82) is 0 Å². The third kappa shape index (κ3) is 3.14. The third-order valence-corrected chi connectivity index (χ3v) is 3.55. The summed E-state index contributed by atoms with van der Waals surface area (Å²) in [5.74, 6) is -3.58. The van der Waals surface area contributed by atoms with Gasteiger partial charge in [0.1, 0.15) is 0 Å². The van der Waals surface area contributed by atoms with Crippen LogP contribution in [-0.4, -0.2) is 41.1 Å². The number of aromatic nitrogens is 2. The van der Waals surface area contributed by atoms with Crippen LogP contribution >= 0.6 is 11.3 Å². The van der Waals surface area contributed by atoms with Gasteiger partial charge in [-0.25, -0.2) is 5.06 Å². The molecule has 0 aromatic carbocycles. The molecule has 0 saturated heterocycles. The van der Waals surface area contributed by atoms with Gasteiger partial charge in [-0.3, -0.25) is 14.4 Å². The zero-order valence-electron chi connectivity index (χ0n) is 11.2. The number of amides is 1. The first-order valence-electron chi connectivity index (χ1n) is 5.61. The van der Waals surface area contributed by atoms with Gasteiger partial charge >= 0.3 is 18.0 Å². The molecule has 2 heterocycles. The van der Waals surface area contributed by atoms with E-state index in [0.717, 1.165) is 16.4 Å². The summed E-state index contributed by atoms with van der Waals surface area (Å²) in [6.07, 6.45) is -4.75. The minimum atomic E-state index is -4.75. The van der Waals surface area contributed by atoms with E-state index in [0.29, 0.717) is 0 Å². The molecule has 1 amide bonds. The van der Waals surface area contributed by atoms with Gasteiger partial charge in [-0.2, -0.15) is 18.2 Å². The van der Waals surface area contributed by atoms with E-state index in [9.17, 15) is 22.8 Å². The normalized spacial score (nSPS) is 11.5. The Labute approximate surface area is 125 Å². The minimum absolute atomic E-state index is 0.0160. The number of thiophene rings is 1. The zero-order valence-corrected chi connectivity index (χ0v) is 12.0. The number of carbonyl (C=O) groups excluding carboxylic acids is 2. The van der Waals surface area contributed by atoms with Gasteiger partial charge in [0.05, 0.1) is 16.9 Å². The van der Waals surface area contributed by atoms with E-state index in [-0.39, 0.29) is 15.6 Å². The van der Waals surface area contributed by atoms with Crippen molar-refractivity contribution in [3.05, 3.63) is 22.9 Å². The molecule has 0 bridgehead atoms. The van der Waals surface area contributed by atoms with Crippen molar-refractivity contribution in [3.8, 4) is 10.7 Å². The first-order chi connectivity index (χ1) is 10.2. The van der Waals surface area contributed by atoms with Gasteiger partial charge in [0.15, 0.2) is 0 Å². The lowest BCUT2D eigenvalue weighted by Gasteiger charge is -2.11. The molecule has 118 valence electrons. The molecule has 0 spiro atoms. The van der Waals surface area contributed by atoms with E-state index in [1.54, 1.807) is 0 Å². The summed E-state index contributed by atoms with van der Waals surface area (Å²) < 4.78 is 41.2. The van der Waals surface area contributed by atoms with Crippen LogP contribution in [0.25, 0.3) is 10.7 Å². The summed E-state index contributed by atoms with van der Waals surface area (Å²) in [7, 11) is 2.46. The molecule has 0 atom stereocenters. The highest BCUT2D eigenvalue weighted by Crippen LogP contribution is 2.31. The highest BCUT2D eigenvalue weighted by atomic mass is 32.1. The summed E-state index contributed by atoms with van der Waals surface area (Å²) in [5, 5.41) is 3.93. The number of nitrogens with zero attached hydrogens (tertiary/aromatic N) is 3. The fourth-order valence-electron chi connectivity index (χ4n) is 1.35. The molecule has 0 unspecified atom stereocenters. The Morgan fingerprint density at radius 2 is 2.05 bits per heavy atom. The second-order valence-electron chi connectivity index (χ2n) is 3.90. The predicted molar refractivity (Wildman–Crippen MR) is 66.7 cm³/mol. The van der Waals surface area contributed by atoms with Crippen LogP contribution in [0.15, 0.2) is 16.7 Å². The number of alkyl halides is 3. The van der Waals surface area contributed by atoms with Gasteiger partial charge in [0.25, 0.3) is 5.78 Å². The summed E-state index contributed by atoms with van der Waals surface area (Å²) in [6, 6.07) is 2.61. The van der Waals surface area contributed by atoms with Crippen molar-refractivity contribution in [1.82, 2.24) is 15.2 Å². The summed E-state index contributed by atoms with van der Waals surface area (Å²) in [5.41, 5.74) is 0. The molecule has 0 aliphatic rings. The molecule has 7 nitrogen and oxygen atoms in total. The van der Waals surface area contributed by atoms with Crippen LogP contribution in [0.4, 0.5) is 13.2 Å². The number of hydrogen-bond donors (Lipinski definition) is 0. The number of halogens is 3. The van der Waals surface area contributed by atoms with E-state index < -0.39 is 23.8 Å². The quantitative estimate of drug-likeness (QED) is 0.483. The Hall–Kier alpha value is -2.27. The fourth-order valence-corrected chi connectivity index (χ4v) is 2.21. The standard InChI is InChI=1S/C11H8F3N3O4S/c1-17(20-2)9(19)7(18)5-3-4-6(22-5)8-15-10(21-16-8)11(12,13)14/h3-4H,1-2H3. The second kappa shape index (κ2) is 5.85. The monoisotopic (exact) mass is 335 g/mol. The van der Waals surface area contributed by atoms with Gasteiger partial charge in [-0.05, 0) is 12.1 Å². The lowest BCUT2D eigenvalue weighted by atomic mass is 10.3. The predicted octanol–water partition coefficient (Wildman–Crippen LogP) is 2.02. The van der Waals surface area contributed by atoms with Crippen LogP contribution in [0.5, 0.6) is 0 Å². The maximum absolute atomic E-state index is 12.4. The first-order valence-corrected chi connectivity index (χ1v) is 6.43. The molecule has 11 heteroatoms. The molecular formula is C11H8F3N3O4S. The Bertz CT molecular complexity index is 710. The molecule has 0 saturated carbocycles. The molecule has 0 radical (unpaired) electrons. The Morgan fingerprint density at radius 3 is 2.59 bits per heavy atom. The summed E-state index contributed by atoms with van der Waals surface area (Å²) in [4.78, 5) is 31.4. The number of Topliss-reactive ketones (excluding diaryl/α,β-unsaturated/α-hetero) is 1. The number of ketones is 1. The van der Waals surface area contributed by atoms with Crippen LogP contribution in [0.2, 0.25) is 0 Å². The van der Waals surface area contributed by atoms with E-state index in [1.807, 2.05) is 0 Å². The molecule has 0 N–H and O–H groups in total. The minimum Gasteiger partial charge on any atom is -0.329 e. The number of hydrogen-bond acceptors (Lipinski definition) is 7. The van der Waals surface area contributed by atoms with Gasteiger partial charge in [0.2, 0.25) is 5.82 Å². The lowest BCUT2D eigenvalue weighted by Crippen LogP contribution is -2.31. The fraction of sp³-hybridized carbons (Fsp3) is 0.273. The van der Waals surface area contributed by atoms with Crippen molar-refractivity contribution < 1.29 is 32.1 Å². The molecule has 0 fully saturated rings. The molecule has 2 aromatic rings. The van der Waals surface area contributed by atoms with E-state index in [2.05, 4.69) is 19.5 Å². The summed E-state index contributed by atoms with van der Waals surface area (Å²) in [6.45, 7) is 0. The first kappa shape index (κ1) is 16.1. The van der Waals surface area contributed by atoms with Crippen molar-refractivity contribution in [2.75, 3.05) is 14.2 Å². The SMILES string of the molecule is CON(C)C(=O)C(=O)c1ccc(-c2noc(C(F)(F)F)n2)s1. The number of rotatable bonds is 4. The Morgan fingerprint density at radius 1 is 1.36 bits per heavy atom. The maximum atomic E-state index is 12.4. The Kier molecular flexibility index (Phi) is 4.28. The van der Waals surface area contributed by atoms with Gasteiger partial charge in [-0.15, -0.1) is 11.3 Å². The average Bonchev–Trinajstić information content (AvgIpc) is 3.12. The smallest absolute Gasteiger partial charge is 0.329 e. The molecule has 0 aliphatic carbocycles. The average molecular weight is 335 g/mol. The van der Waals surface area contributed by atoms with E-state index >= 15 is 0 Å². The largest absolute Gasteiger partial charge is 0.471 e. The van der Waals surface area contributed by atoms with E-state index in [1.165, 1.54) is 26.3 Å². The number of carbonyl (C=O) groups is 2. The van der Waals surface area contributed by atoms with Crippen LogP contribution in [0.1, 0.15) is 15.6 Å². The highest BCUT2D eigenvalue weighted by molar-refractivity contribution is 7.18. The second-order valence-corrected chi connectivity index (χ2v) is 4.98. The molecule has 2 aromatic heterocycles. The maximum Gasteiger partial charge on any atom is 0.471 e. The van der Waals surface area contributed by atoms with Crippen LogP contribution in [-0.2, 0) is 15.8 Å². The van der Waals surface area contributed by atoms with Crippen LogP contribution < -0.4 is 0 Å². The number of hydroxylamine groups is 2. The molecular weight excluding hydrogens is 327 g/mol. The number of likely N-dealkylation sites (N-methyl/N-ethyl adjacent to an activating group) is 1. The van der Waals surface area contributed by atoms with Crippen LogP contribution in [0, 0.1) is 0 Å². The molecule has 2 rings (SSSR count). The zero-order chi connectivity index (χ0) is 16.5. The lowest BCUT2D eigenvalue weighted by molar-refractivity contribution is -0.162. The summed E-state index contributed by atoms with van der Waals surface area (Å²) >= 11 is 0.769. The molecule has 0 aliphatic heterocycles. The van der Waals surface area contributed by atoms with Gasteiger partial charge in [0, 0.05) is 7.05 Å². The van der Waals surface area contributed by atoms with Crippen molar-refractivity contribution in [3.63, 3.8) is 0 Å².